The van der Waals surface area contributed by atoms with Gasteiger partial charge in [-0.2, -0.15) is 0 Å². The van der Waals surface area contributed by atoms with Crippen LogP contribution in [0.3, 0.4) is 0 Å². The summed E-state index contributed by atoms with van der Waals surface area (Å²) in [5.41, 5.74) is 1.31. The molecule has 0 amide bonds. The molecule has 0 aliphatic carbocycles. The van der Waals surface area contributed by atoms with Gasteiger partial charge in [-0.05, 0) is 19.1 Å². The largest absolute Gasteiger partial charge is 0.473 e. The molecular weight excluding hydrogens is 252 g/mol. The molecule has 2 rings (SSSR count). The first-order chi connectivity index (χ1) is 8.76. The van der Waals surface area contributed by atoms with Crippen LogP contribution < -0.4 is 4.74 Å². The second kappa shape index (κ2) is 5.59. The first kappa shape index (κ1) is 12.5. The van der Waals surface area contributed by atoms with E-state index >= 15 is 0 Å². The van der Waals surface area contributed by atoms with Gasteiger partial charge in [0.25, 0.3) is 5.19 Å². The Labute approximate surface area is 108 Å². The molecule has 2 heterocycles. The van der Waals surface area contributed by atoms with Crippen molar-refractivity contribution in [3.8, 4) is 16.5 Å². The van der Waals surface area contributed by atoms with Gasteiger partial charge in [-0.15, -0.1) is 0 Å². The summed E-state index contributed by atoms with van der Waals surface area (Å²) < 4.78 is 10.1. The highest BCUT2D eigenvalue weighted by Crippen LogP contribution is 2.32. The first-order valence-electron chi connectivity index (χ1n) is 5.38. The lowest BCUT2D eigenvalue weighted by atomic mass is 10.2. The molecule has 2 aromatic heterocycles. The highest BCUT2D eigenvalue weighted by atomic mass is 32.1. The number of aromatic nitrogens is 2. The fourth-order valence-electron chi connectivity index (χ4n) is 1.42. The lowest BCUT2D eigenvalue weighted by molar-refractivity contribution is 0.0532. The number of methoxy groups -OCH3 is 1. The zero-order valence-electron chi connectivity index (χ0n) is 10.0. The number of thiazole rings is 1. The van der Waals surface area contributed by atoms with E-state index in [-0.39, 0.29) is 0 Å². The Bertz CT molecular complexity index is 540. The summed E-state index contributed by atoms with van der Waals surface area (Å²) in [4.78, 5) is 20.5. The van der Waals surface area contributed by atoms with E-state index in [1.54, 1.807) is 25.4 Å². The molecule has 0 atom stereocenters. The minimum absolute atomic E-state index is 0.325. The summed E-state index contributed by atoms with van der Waals surface area (Å²) in [6.45, 7) is 2.09. The highest BCUT2D eigenvalue weighted by Gasteiger charge is 2.21. The number of esters is 1. The van der Waals surface area contributed by atoms with Crippen LogP contribution in [0.4, 0.5) is 0 Å². The lowest BCUT2D eigenvalue weighted by Gasteiger charge is -2.01. The molecule has 0 bridgehead atoms. The SMILES string of the molecule is CCOC(=O)c1sc(OC)nc1-c1cccnc1. The van der Waals surface area contributed by atoms with Crippen LogP contribution in [0.2, 0.25) is 0 Å². The molecule has 0 radical (unpaired) electrons. The summed E-state index contributed by atoms with van der Waals surface area (Å²) in [6.07, 6.45) is 3.31. The van der Waals surface area contributed by atoms with Crippen LogP contribution in [0.1, 0.15) is 16.6 Å². The van der Waals surface area contributed by atoms with E-state index in [0.29, 0.717) is 22.4 Å². The zero-order valence-corrected chi connectivity index (χ0v) is 10.9. The summed E-state index contributed by atoms with van der Waals surface area (Å²) in [5, 5.41) is 0.428. The summed E-state index contributed by atoms with van der Waals surface area (Å²) in [7, 11) is 1.51. The highest BCUT2D eigenvalue weighted by molar-refractivity contribution is 7.15. The number of hydrogen-bond acceptors (Lipinski definition) is 6. The minimum atomic E-state index is -0.392. The van der Waals surface area contributed by atoms with Crippen LogP contribution in [0.15, 0.2) is 24.5 Å². The van der Waals surface area contributed by atoms with Crippen LogP contribution in [-0.2, 0) is 4.74 Å². The van der Waals surface area contributed by atoms with E-state index in [4.69, 9.17) is 9.47 Å². The van der Waals surface area contributed by atoms with Crippen molar-refractivity contribution in [3.63, 3.8) is 0 Å². The van der Waals surface area contributed by atoms with E-state index in [1.807, 2.05) is 6.07 Å². The second-order valence-electron chi connectivity index (χ2n) is 3.32. The summed E-state index contributed by atoms with van der Waals surface area (Å²) in [5.74, 6) is -0.392. The summed E-state index contributed by atoms with van der Waals surface area (Å²) >= 11 is 1.17. The number of nitrogens with zero attached hydrogens (tertiary/aromatic N) is 2. The van der Waals surface area contributed by atoms with Crippen molar-refractivity contribution in [2.75, 3.05) is 13.7 Å². The Balaban J connectivity index is 2.45. The van der Waals surface area contributed by atoms with Crippen LogP contribution >= 0.6 is 11.3 Å². The molecule has 0 spiro atoms. The average molecular weight is 264 g/mol. The van der Waals surface area contributed by atoms with Crippen molar-refractivity contribution in [2.45, 2.75) is 6.92 Å². The molecule has 0 saturated heterocycles. The van der Waals surface area contributed by atoms with Gasteiger partial charge in [-0.3, -0.25) is 4.98 Å². The van der Waals surface area contributed by atoms with Crippen molar-refractivity contribution in [1.82, 2.24) is 9.97 Å². The smallest absolute Gasteiger partial charge is 0.350 e. The minimum Gasteiger partial charge on any atom is -0.473 e. The van der Waals surface area contributed by atoms with Crippen molar-refractivity contribution in [3.05, 3.63) is 29.4 Å². The van der Waals surface area contributed by atoms with Gasteiger partial charge in [-0.1, -0.05) is 11.3 Å². The Morgan fingerprint density at radius 2 is 2.33 bits per heavy atom. The maximum Gasteiger partial charge on any atom is 0.350 e. The van der Waals surface area contributed by atoms with Crippen LogP contribution in [-0.4, -0.2) is 29.7 Å². The lowest BCUT2D eigenvalue weighted by Crippen LogP contribution is -2.03. The number of carbonyl (C=O) groups is 1. The van der Waals surface area contributed by atoms with Gasteiger partial charge in [0.05, 0.1) is 13.7 Å². The van der Waals surface area contributed by atoms with Crippen LogP contribution in [0, 0.1) is 0 Å². The van der Waals surface area contributed by atoms with Gasteiger partial charge in [0, 0.05) is 18.0 Å². The molecule has 2 aromatic rings. The van der Waals surface area contributed by atoms with Gasteiger partial charge in [0.2, 0.25) is 0 Å². The van der Waals surface area contributed by atoms with Crippen molar-refractivity contribution < 1.29 is 14.3 Å². The Kier molecular flexibility index (Phi) is 3.88. The molecule has 6 heteroatoms. The monoisotopic (exact) mass is 264 g/mol. The quantitative estimate of drug-likeness (QED) is 0.793. The number of rotatable bonds is 4. The Hall–Kier alpha value is -1.95. The fourth-order valence-corrected chi connectivity index (χ4v) is 2.22. The van der Waals surface area contributed by atoms with Crippen molar-refractivity contribution in [2.24, 2.45) is 0 Å². The van der Waals surface area contributed by atoms with Gasteiger partial charge >= 0.3 is 5.97 Å². The maximum atomic E-state index is 11.8. The molecule has 94 valence electrons. The predicted octanol–water partition coefficient (Wildman–Crippen LogP) is 2.39. The molecular formula is C12H12N2O3S. The van der Waals surface area contributed by atoms with E-state index in [2.05, 4.69) is 9.97 Å². The molecule has 0 saturated carbocycles. The average Bonchev–Trinajstić information content (AvgIpc) is 2.84. The third-order valence-electron chi connectivity index (χ3n) is 2.18. The maximum absolute atomic E-state index is 11.8. The molecule has 18 heavy (non-hydrogen) atoms. The van der Waals surface area contributed by atoms with E-state index in [9.17, 15) is 4.79 Å². The second-order valence-corrected chi connectivity index (χ2v) is 4.29. The number of hydrogen-bond donors (Lipinski definition) is 0. The van der Waals surface area contributed by atoms with E-state index < -0.39 is 5.97 Å². The van der Waals surface area contributed by atoms with E-state index in [1.165, 1.54) is 18.4 Å². The van der Waals surface area contributed by atoms with Crippen molar-refractivity contribution in [1.29, 1.82) is 0 Å². The topological polar surface area (TPSA) is 61.3 Å². The van der Waals surface area contributed by atoms with Crippen LogP contribution in [0.25, 0.3) is 11.3 Å². The third kappa shape index (κ3) is 2.48. The predicted molar refractivity (Wildman–Crippen MR) is 67.9 cm³/mol. The number of carbonyl (C=O) groups excluding carboxylic acids is 1. The van der Waals surface area contributed by atoms with E-state index in [0.717, 1.165) is 5.56 Å². The molecule has 0 N–H and O–H groups in total. The fraction of sp³-hybridized carbons (Fsp3) is 0.250. The molecule has 0 aromatic carbocycles. The van der Waals surface area contributed by atoms with Gasteiger partial charge < -0.3 is 9.47 Å². The standard InChI is InChI=1S/C12H12N2O3S/c1-3-17-11(15)10-9(14-12(16-2)18-10)8-5-4-6-13-7-8/h4-7H,3H2,1-2H3. The zero-order chi connectivity index (χ0) is 13.0. The Morgan fingerprint density at radius 1 is 1.50 bits per heavy atom. The normalized spacial score (nSPS) is 10.1. The van der Waals surface area contributed by atoms with Crippen LogP contribution in [0.5, 0.6) is 5.19 Å². The Morgan fingerprint density at radius 3 is 2.94 bits per heavy atom. The van der Waals surface area contributed by atoms with Gasteiger partial charge in [0.1, 0.15) is 10.6 Å². The summed E-state index contributed by atoms with van der Waals surface area (Å²) in [6, 6.07) is 3.63. The molecule has 0 fully saturated rings. The number of ether oxygens (including phenoxy) is 2. The molecule has 0 unspecified atom stereocenters. The molecule has 5 nitrogen and oxygen atoms in total. The third-order valence-corrected chi connectivity index (χ3v) is 3.17. The first-order valence-corrected chi connectivity index (χ1v) is 6.20. The molecule has 0 aliphatic heterocycles. The number of pyridine rings is 1. The van der Waals surface area contributed by atoms with Gasteiger partial charge in [0.15, 0.2) is 0 Å². The molecule has 0 aliphatic rings. The van der Waals surface area contributed by atoms with Gasteiger partial charge in [-0.25, -0.2) is 9.78 Å². The van der Waals surface area contributed by atoms with Crippen molar-refractivity contribution >= 4 is 17.3 Å².